The molecule has 5 rings (SSSR count). The summed E-state index contributed by atoms with van der Waals surface area (Å²) in [5.74, 6) is 0.791. The molecule has 0 unspecified atom stereocenters. The van der Waals surface area contributed by atoms with Gasteiger partial charge in [0.1, 0.15) is 12.3 Å². The highest BCUT2D eigenvalue weighted by atomic mass is 16.7. The molecule has 0 N–H and O–H groups in total. The molecule has 0 aliphatic carbocycles. The fourth-order valence-electron chi connectivity index (χ4n) is 4.45. The Morgan fingerprint density at radius 1 is 0.919 bits per heavy atom. The predicted molar refractivity (Wildman–Crippen MR) is 147 cm³/mol. The number of hydrogen-bond acceptors (Lipinski definition) is 5. The molecule has 0 saturated heterocycles. The minimum Gasteiger partial charge on any atom is -0.490 e. The van der Waals surface area contributed by atoms with Crippen LogP contribution in [0.15, 0.2) is 108 Å². The molecule has 0 bridgehead atoms. The van der Waals surface area contributed by atoms with E-state index < -0.39 is 5.97 Å². The third-order valence-corrected chi connectivity index (χ3v) is 6.12. The molecule has 5 heteroatoms. The van der Waals surface area contributed by atoms with Gasteiger partial charge in [-0.15, -0.1) is 6.58 Å². The number of hydrogen-bond donors (Lipinski definition) is 0. The summed E-state index contributed by atoms with van der Waals surface area (Å²) in [7, 11) is 0. The van der Waals surface area contributed by atoms with E-state index >= 15 is 0 Å². The summed E-state index contributed by atoms with van der Waals surface area (Å²) in [5.41, 5.74) is 4.50. The molecule has 184 valence electrons. The summed E-state index contributed by atoms with van der Waals surface area (Å²) in [6, 6.07) is 27.8. The molecule has 0 atom stereocenters. The molecule has 0 fully saturated rings. The van der Waals surface area contributed by atoms with E-state index in [4.69, 9.17) is 14.3 Å². The third kappa shape index (κ3) is 5.16. The molecular weight excluding hydrogens is 462 g/mol. The van der Waals surface area contributed by atoms with Crippen molar-refractivity contribution >= 4 is 28.5 Å². The number of rotatable bonds is 9. The molecule has 0 saturated carbocycles. The maximum Gasteiger partial charge on any atom is 0.368 e. The lowest BCUT2D eigenvalue weighted by Crippen LogP contribution is -2.07. The van der Waals surface area contributed by atoms with Gasteiger partial charge in [0.15, 0.2) is 11.5 Å². The number of oxime groups is 1. The highest BCUT2D eigenvalue weighted by molar-refractivity contribution is 6.31. The van der Waals surface area contributed by atoms with Crippen LogP contribution < -0.4 is 9.47 Å². The van der Waals surface area contributed by atoms with Gasteiger partial charge in [-0.25, -0.2) is 4.79 Å². The van der Waals surface area contributed by atoms with Crippen LogP contribution in [0.3, 0.4) is 0 Å². The quantitative estimate of drug-likeness (QED) is 0.146. The number of fused-ring (bicyclic) bond motifs is 1. The van der Waals surface area contributed by atoms with Gasteiger partial charge in [-0.2, -0.15) is 0 Å². The van der Waals surface area contributed by atoms with Crippen LogP contribution in [0.4, 0.5) is 0 Å². The number of benzene rings is 4. The average Bonchev–Trinajstić information content (AvgIpc) is 3.29. The Bertz CT molecular complexity index is 1510. The van der Waals surface area contributed by atoms with Gasteiger partial charge < -0.3 is 14.3 Å². The Balaban J connectivity index is 1.52. The maximum atomic E-state index is 12.5. The van der Waals surface area contributed by atoms with Crippen LogP contribution in [-0.4, -0.2) is 18.3 Å². The van der Waals surface area contributed by atoms with Gasteiger partial charge in [-0.3, -0.25) is 0 Å². The highest BCUT2D eigenvalue weighted by Crippen LogP contribution is 2.36. The van der Waals surface area contributed by atoms with E-state index in [1.165, 1.54) is 5.39 Å². The Morgan fingerprint density at radius 3 is 2.51 bits per heavy atom. The van der Waals surface area contributed by atoms with Crippen LogP contribution in [0.1, 0.15) is 29.2 Å². The van der Waals surface area contributed by atoms with Gasteiger partial charge in [0.05, 0.1) is 12.2 Å². The summed E-state index contributed by atoms with van der Waals surface area (Å²) in [4.78, 5) is 17.6. The van der Waals surface area contributed by atoms with Gasteiger partial charge in [0.2, 0.25) is 0 Å². The minimum atomic E-state index is -0.488. The molecule has 37 heavy (non-hydrogen) atoms. The highest BCUT2D eigenvalue weighted by Gasteiger charge is 2.27. The minimum absolute atomic E-state index is 0.391. The number of carbonyl (C=O) groups excluding carboxylic acids is 1. The van der Waals surface area contributed by atoms with E-state index in [2.05, 4.69) is 36.0 Å². The SMILES string of the molecule is C=CCc1cc(/C=C2\C(=O)ON=C2c2ccccc2)cc(OCC)c1OCc1cccc2ccccc12. The van der Waals surface area contributed by atoms with E-state index in [0.29, 0.717) is 42.4 Å². The second kappa shape index (κ2) is 11.0. The van der Waals surface area contributed by atoms with Crippen molar-refractivity contribution in [2.24, 2.45) is 5.16 Å². The summed E-state index contributed by atoms with van der Waals surface area (Å²) < 4.78 is 12.4. The predicted octanol–water partition coefficient (Wildman–Crippen LogP) is 6.89. The fourth-order valence-corrected chi connectivity index (χ4v) is 4.45. The van der Waals surface area contributed by atoms with E-state index in [0.717, 1.165) is 27.6 Å². The van der Waals surface area contributed by atoms with Gasteiger partial charge in [0.25, 0.3) is 0 Å². The van der Waals surface area contributed by atoms with E-state index in [1.807, 2.05) is 73.7 Å². The van der Waals surface area contributed by atoms with E-state index in [9.17, 15) is 4.79 Å². The van der Waals surface area contributed by atoms with E-state index in [1.54, 1.807) is 6.08 Å². The van der Waals surface area contributed by atoms with Crippen molar-refractivity contribution in [2.45, 2.75) is 20.0 Å². The zero-order chi connectivity index (χ0) is 25.6. The standard InChI is InChI=1S/C32H27NO4/c1-3-11-25-18-22(19-28-30(33-37-32(28)34)24-13-6-5-7-14-24)20-29(35-4-2)31(25)36-21-26-16-10-15-23-12-8-9-17-27(23)26/h3,5-10,12-20H,1,4,11,21H2,2H3/b28-19-. The third-order valence-electron chi connectivity index (χ3n) is 6.12. The first kappa shape index (κ1) is 24.1. The van der Waals surface area contributed by atoms with Crippen molar-refractivity contribution in [3.8, 4) is 11.5 Å². The normalized spacial score (nSPS) is 13.9. The zero-order valence-electron chi connectivity index (χ0n) is 20.6. The second-order valence-corrected chi connectivity index (χ2v) is 8.60. The molecule has 0 amide bonds. The molecule has 1 aliphatic rings. The van der Waals surface area contributed by atoms with Gasteiger partial charge in [-0.1, -0.05) is 84.0 Å². The van der Waals surface area contributed by atoms with Crippen LogP contribution in [0.2, 0.25) is 0 Å². The fraction of sp³-hybridized carbons (Fsp3) is 0.125. The van der Waals surface area contributed by atoms with Crippen LogP contribution in [-0.2, 0) is 22.7 Å². The number of carbonyl (C=O) groups is 1. The van der Waals surface area contributed by atoms with E-state index in [-0.39, 0.29) is 0 Å². The van der Waals surface area contributed by atoms with Crippen molar-refractivity contribution in [3.63, 3.8) is 0 Å². The molecule has 4 aromatic rings. The van der Waals surface area contributed by atoms with Crippen molar-refractivity contribution in [2.75, 3.05) is 6.61 Å². The summed E-state index contributed by atoms with van der Waals surface area (Å²) >= 11 is 0. The molecule has 0 spiro atoms. The summed E-state index contributed by atoms with van der Waals surface area (Å²) in [6.45, 7) is 6.72. The first-order valence-corrected chi connectivity index (χ1v) is 12.2. The smallest absolute Gasteiger partial charge is 0.368 e. The Kier molecular flexibility index (Phi) is 7.13. The number of ether oxygens (including phenoxy) is 2. The lowest BCUT2D eigenvalue weighted by molar-refractivity contribution is -0.136. The molecule has 5 nitrogen and oxygen atoms in total. The lowest BCUT2D eigenvalue weighted by atomic mass is 9.99. The summed E-state index contributed by atoms with van der Waals surface area (Å²) in [6.07, 6.45) is 4.18. The molecule has 0 radical (unpaired) electrons. The first-order valence-electron chi connectivity index (χ1n) is 12.2. The van der Waals surface area contributed by atoms with Crippen LogP contribution in [0, 0.1) is 0 Å². The molecule has 4 aromatic carbocycles. The molecule has 1 heterocycles. The molecule has 0 aromatic heterocycles. The van der Waals surface area contributed by atoms with Crippen molar-refractivity contribution in [1.29, 1.82) is 0 Å². The lowest BCUT2D eigenvalue weighted by Gasteiger charge is -2.17. The average molecular weight is 490 g/mol. The Labute approximate surface area is 216 Å². The second-order valence-electron chi connectivity index (χ2n) is 8.60. The van der Waals surface area contributed by atoms with Crippen molar-refractivity contribution in [1.82, 2.24) is 0 Å². The van der Waals surface area contributed by atoms with Gasteiger partial charge in [0, 0.05) is 11.1 Å². The van der Waals surface area contributed by atoms with Crippen LogP contribution in [0.5, 0.6) is 11.5 Å². The maximum absolute atomic E-state index is 12.5. The molecular formula is C32H27NO4. The number of allylic oxidation sites excluding steroid dienone is 1. The van der Waals surface area contributed by atoms with Crippen LogP contribution in [0.25, 0.3) is 16.8 Å². The summed E-state index contributed by atoms with van der Waals surface area (Å²) in [5, 5.41) is 6.34. The largest absolute Gasteiger partial charge is 0.490 e. The topological polar surface area (TPSA) is 57.1 Å². The number of nitrogens with zero attached hydrogens (tertiary/aromatic N) is 1. The Morgan fingerprint density at radius 2 is 1.70 bits per heavy atom. The molecule has 1 aliphatic heterocycles. The van der Waals surface area contributed by atoms with Gasteiger partial charge >= 0.3 is 5.97 Å². The monoisotopic (exact) mass is 489 g/mol. The van der Waals surface area contributed by atoms with Crippen molar-refractivity contribution in [3.05, 3.63) is 125 Å². The van der Waals surface area contributed by atoms with Crippen LogP contribution >= 0.6 is 0 Å². The van der Waals surface area contributed by atoms with Crippen molar-refractivity contribution < 1.29 is 19.1 Å². The Hall–Kier alpha value is -4.64. The zero-order valence-corrected chi connectivity index (χ0v) is 20.6. The first-order chi connectivity index (χ1) is 18.2. The van der Waals surface area contributed by atoms with Gasteiger partial charge in [-0.05, 0) is 53.5 Å².